The zero-order chi connectivity index (χ0) is 7.49. The van der Waals surface area contributed by atoms with E-state index >= 15 is 0 Å². The van der Waals surface area contributed by atoms with Crippen molar-refractivity contribution in [3.05, 3.63) is 0 Å². The van der Waals surface area contributed by atoms with Crippen molar-refractivity contribution in [2.45, 2.75) is 31.1 Å². The van der Waals surface area contributed by atoms with Crippen LogP contribution in [0.5, 0.6) is 0 Å². The van der Waals surface area contributed by atoms with Crippen molar-refractivity contribution in [2.75, 3.05) is 5.75 Å². The molecule has 0 rings (SSSR count). The summed E-state index contributed by atoms with van der Waals surface area (Å²) < 4.78 is 0. The van der Waals surface area contributed by atoms with Crippen molar-refractivity contribution < 1.29 is 0 Å². The fourth-order valence-electron chi connectivity index (χ4n) is 0.417. The van der Waals surface area contributed by atoms with Gasteiger partial charge in [0.1, 0.15) is 0 Å². The van der Waals surface area contributed by atoms with Crippen LogP contribution < -0.4 is 0 Å². The van der Waals surface area contributed by atoms with E-state index in [-0.39, 0.29) is 0 Å². The van der Waals surface area contributed by atoms with Crippen LogP contribution in [0.2, 0.25) is 17.3 Å². The van der Waals surface area contributed by atoms with Gasteiger partial charge in [-0.3, -0.25) is 0 Å². The van der Waals surface area contributed by atoms with E-state index in [1.54, 1.807) is 0 Å². The average molecular weight is 207 g/mol. The average Bonchev–Trinajstić information content (AvgIpc) is 1.59. The third-order valence-electron chi connectivity index (χ3n) is 0.850. The molecule has 0 radical (unpaired) electrons. The van der Waals surface area contributed by atoms with Crippen molar-refractivity contribution >= 4 is 22.2 Å². The van der Waals surface area contributed by atoms with E-state index in [1.165, 1.54) is 5.75 Å². The molecule has 0 heterocycles. The van der Waals surface area contributed by atoms with Crippen molar-refractivity contribution in [1.29, 1.82) is 0 Å². The second-order valence-electron chi connectivity index (χ2n) is 3.82. The summed E-state index contributed by atoms with van der Waals surface area (Å²) in [5.74, 6) is 9.59. The van der Waals surface area contributed by atoms with E-state index in [1.807, 2.05) is 0 Å². The molecule has 2 heteroatoms. The second kappa shape index (κ2) is 3.92. The van der Waals surface area contributed by atoms with Crippen LogP contribution in [0.3, 0.4) is 0 Å². The Morgan fingerprint density at radius 3 is 1.78 bits per heavy atom. The molecule has 0 nitrogen and oxygen atoms in total. The molecule has 0 aliphatic carbocycles. The van der Waals surface area contributed by atoms with Crippen LogP contribution in [-0.2, 0) is 0 Å². The Hall–Kier alpha value is 0.893. The molecule has 0 unspecified atom stereocenters. The summed E-state index contributed by atoms with van der Waals surface area (Å²) in [6.45, 7) is 4.59. The monoisotopic (exact) mass is 208 g/mol. The van der Waals surface area contributed by atoms with Crippen LogP contribution in [-0.4, -0.2) is 17.9 Å². The van der Waals surface area contributed by atoms with Gasteiger partial charge >= 0.3 is 65.0 Å². The Kier molecular flexibility index (Phi) is 4.31. The van der Waals surface area contributed by atoms with Gasteiger partial charge in [0, 0.05) is 0 Å². The van der Waals surface area contributed by atoms with Gasteiger partial charge in [0.05, 0.1) is 0 Å². The number of hydrogen-bond donors (Lipinski definition) is 0. The third kappa shape index (κ3) is 8.89. The van der Waals surface area contributed by atoms with Gasteiger partial charge in [-0.15, -0.1) is 0 Å². The normalized spacial score (nSPS) is 12.7. The Morgan fingerprint density at radius 2 is 1.67 bits per heavy atom. The van der Waals surface area contributed by atoms with E-state index in [9.17, 15) is 0 Å². The molecule has 0 spiro atoms. The maximum absolute atomic E-state index is 2.45. The van der Waals surface area contributed by atoms with E-state index < -0.39 is 12.1 Å². The topological polar surface area (TPSA) is 0 Å². The van der Waals surface area contributed by atoms with Gasteiger partial charge < -0.3 is 0 Å². The Balaban J connectivity index is 3.28. The summed E-state index contributed by atoms with van der Waals surface area (Å²) in [5.41, 5.74) is 0. The quantitative estimate of drug-likeness (QED) is 0.640. The molecule has 0 saturated carbocycles. The van der Waals surface area contributed by atoms with Crippen LogP contribution in [0.15, 0.2) is 0 Å². The van der Waals surface area contributed by atoms with Gasteiger partial charge in [-0.2, -0.15) is 0 Å². The standard InChI is InChI=1S/C7H18GeS/c1-7(2)6-9-8(3,4)5/h7H,6H2,1-5H3. The first-order valence-electron chi connectivity index (χ1n) is 3.56. The minimum atomic E-state index is -1.24. The van der Waals surface area contributed by atoms with Crippen molar-refractivity contribution in [3.63, 3.8) is 0 Å². The molecule has 0 aromatic heterocycles. The van der Waals surface area contributed by atoms with Gasteiger partial charge in [0.2, 0.25) is 0 Å². The molecule has 0 aromatic carbocycles. The molecule has 0 aromatic rings. The van der Waals surface area contributed by atoms with Crippen molar-refractivity contribution in [3.8, 4) is 0 Å². The van der Waals surface area contributed by atoms with Crippen LogP contribution in [0.25, 0.3) is 0 Å². The summed E-state index contributed by atoms with van der Waals surface area (Å²) in [6, 6.07) is 0. The molecule has 0 atom stereocenters. The Labute approximate surface area is 65.2 Å². The van der Waals surface area contributed by atoms with Crippen LogP contribution in [0.4, 0.5) is 0 Å². The maximum atomic E-state index is 2.45. The van der Waals surface area contributed by atoms with Crippen molar-refractivity contribution in [2.24, 2.45) is 5.92 Å². The molecule has 0 aliphatic heterocycles. The molecule has 0 saturated heterocycles. The zero-order valence-electron chi connectivity index (χ0n) is 7.19. The fraction of sp³-hybridized carbons (Fsp3) is 1.00. The van der Waals surface area contributed by atoms with Gasteiger partial charge in [-0.05, 0) is 0 Å². The van der Waals surface area contributed by atoms with Gasteiger partial charge in [0.25, 0.3) is 0 Å². The summed E-state index contributed by atoms with van der Waals surface area (Å²) in [5, 5.41) is 0. The molecular weight excluding hydrogens is 189 g/mol. The Bertz CT molecular complexity index is 73.5. The second-order valence-corrected chi connectivity index (χ2v) is 21.5. The first-order valence-corrected chi connectivity index (χ1v) is 13.4. The SMILES string of the molecule is CC(C)C[S][Ge]([CH3])([CH3])[CH3]. The van der Waals surface area contributed by atoms with E-state index in [0.717, 1.165) is 5.92 Å². The van der Waals surface area contributed by atoms with Crippen LogP contribution in [0.1, 0.15) is 13.8 Å². The van der Waals surface area contributed by atoms with Crippen LogP contribution in [0, 0.1) is 5.92 Å². The molecule has 0 N–H and O–H groups in total. The first-order chi connectivity index (χ1) is 3.92. The number of rotatable bonds is 3. The first kappa shape index (κ1) is 9.89. The number of hydrogen-bond acceptors (Lipinski definition) is 1. The zero-order valence-corrected chi connectivity index (χ0v) is 10.1. The van der Waals surface area contributed by atoms with Crippen LogP contribution >= 0.6 is 10.1 Å². The van der Waals surface area contributed by atoms with E-state index in [2.05, 4.69) is 41.2 Å². The molecule has 0 aliphatic rings. The summed E-state index contributed by atoms with van der Waals surface area (Å²) in [6.07, 6.45) is 0. The summed E-state index contributed by atoms with van der Waals surface area (Å²) in [7, 11) is 2.23. The summed E-state index contributed by atoms with van der Waals surface area (Å²) >= 11 is -1.24. The molecule has 56 valence electrons. The molecule has 0 amide bonds. The molecule has 0 bridgehead atoms. The molecule has 9 heavy (non-hydrogen) atoms. The predicted octanol–water partition coefficient (Wildman–Crippen LogP) is 3.21. The van der Waals surface area contributed by atoms with Gasteiger partial charge in [-0.1, -0.05) is 0 Å². The molecule has 0 fully saturated rings. The Morgan fingerprint density at radius 1 is 1.22 bits per heavy atom. The van der Waals surface area contributed by atoms with Gasteiger partial charge in [-0.25, -0.2) is 0 Å². The fourth-order valence-corrected chi connectivity index (χ4v) is 6.50. The minimum absolute atomic E-state index is 0.875. The third-order valence-corrected chi connectivity index (χ3v) is 9.05. The van der Waals surface area contributed by atoms with Gasteiger partial charge in [0.15, 0.2) is 0 Å². The predicted molar refractivity (Wildman–Crippen MR) is 50.6 cm³/mol. The van der Waals surface area contributed by atoms with E-state index in [0.29, 0.717) is 0 Å². The van der Waals surface area contributed by atoms with Crippen molar-refractivity contribution in [1.82, 2.24) is 0 Å². The summed E-state index contributed by atoms with van der Waals surface area (Å²) in [4.78, 5) is 0. The van der Waals surface area contributed by atoms with E-state index in [4.69, 9.17) is 0 Å². The molecular formula is C7H18GeS.